The SMILES string of the molecule is O=S(O)OC(Br)(Br)C(Br)(Br)C(Br)(Br)C(Br)(Br)C(Br)(Br)C(Br)(Br)C(Br)(Br)C(Br)(Br)C(Br)(Br)C(Br)(Br)C(Br)(Br)C(Br)(Br)C(Br)(Br)C(Br)(Br)C(Br)(Br)C(Br)(Br)C(Br)(Br)C(Br)(Br)C(Br)(Br)C(Br)(Br)C(Br)(Br)C(Br)(Br)Br. The normalized spacial score (nSPS) is 17.8. The van der Waals surface area contributed by atoms with Crippen LogP contribution in [0.25, 0.3) is 0 Å². The molecule has 0 aliphatic heterocycles. The van der Waals surface area contributed by atoms with Crippen LogP contribution in [0, 0.1) is 0 Å². The van der Waals surface area contributed by atoms with Crippen LogP contribution in [0.1, 0.15) is 0 Å². The largest absolute Gasteiger partial charge is 0.304 e. The second-order valence-electron chi connectivity index (χ2n) is 12.8. The molecule has 0 spiro atoms. The van der Waals surface area contributed by atoms with Gasteiger partial charge in [-0.15, -0.1) is 0 Å². The molecule has 0 bridgehead atoms. The average Bonchev–Trinajstić information content (AvgIpc) is 3.11. The van der Waals surface area contributed by atoms with Crippen LogP contribution < -0.4 is 0 Å². The summed E-state index contributed by atoms with van der Waals surface area (Å²) < 4.78 is -4.23. The van der Waals surface area contributed by atoms with Crippen molar-refractivity contribution in [3.63, 3.8) is 0 Å². The Morgan fingerprint density at radius 1 is 0.197 bits per heavy atom. The van der Waals surface area contributed by atoms with Crippen LogP contribution in [0.3, 0.4) is 0 Å². The first-order chi connectivity index (χ1) is 29.7. The fraction of sp³-hybridized carbons (Fsp3) is 1.00. The Hall–Kier alpha value is 21.7. The molecule has 1 unspecified atom stereocenters. The highest BCUT2D eigenvalue weighted by atomic mass is 80.0. The fourth-order valence-electron chi connectivity index (χ4n) is 4.05. The lowest BCUT2D eigenvalue weighted by Crippen LogP contribution is -2.74. The summed E-state index contributed by atoms with van der Waals surface area (Å²) in [6.07, 6.45) is 0. The summed E-state index contributed by atoms with van der Waals surface area (Å²) in [6.45, 7) is 0. The molecule has 0 rings (SSSR count). The van der Waals surface area contributed by atoms with Gasteiger partial charge in [0.2, 0.25) is 3.42 Å². The third-order valence-electron chi connectivity index (χ3n) is 8.39. The summed E-state index contributed by atoms with van der Waals surface area (Å²) in [5.74, 6) is 0. The fourth-order valence-corrected chi connectivity index (χ4v) is 51.3. The first-order valence-electron chi connectivity index (χ1n) is 14.5. The Balaban J connectivity index is 8.10. The Kier molecular flexibility index (Phi) is 39.6. The van der Waals surface area contributed by atoms with E-state index in [1.54, 1.807) is 0 Å². The van der Waals surface area contributed by atoms with Crippen LogP contribution in [0.15, 0.2) is 0 Å². The smallest absolute Gasteiger partial charge is 0.284 e. The quantitative estimate of drug-likeness (QED) is 0.0868. The van der Waals surface area contributed by atoms with Gasteiger partial charge >= 0.3 is 11.4 Å². The van der Waals surface area contributed by atoms with Crippen molar-refractivity contribution in [1.29, 1.82) is 0 Å². The van der Waals surface area contributed by atoms with Gasteiger partial charge in [-0.05, 0) is 31.9 Å². The second-order valence-corrected chi connectivity index (χ2v) is 92.3. The number of alkyl halides is 45. The first-order valence-corrected chi connectivity index (χ1v) is 51.2. The maximum atomic E-state index is 11.9. The third-order valence-corrected chi connectivity index (χ3v) is 106. The standard InChI is InChI=1S/C22HBr45O3S/c23-1(24,3(27,28)5(31,32)7(35,36)9(39,40)11(43,44)13(47,48)15(51,52)17(55,56)19(59,60)21(63,64)65)2(25,26)4(29,30)6(33,34)8(37,38)10(41,42)12(45,46)14(49,50)16(53,54)18(57,58)20(61,62)22(66,67)70-71(68)69/h(H,68,69). The van der Waals surface area contributed by atoms with E-state index in [1.807, 2.05) is 0 Å². The minimum Gasteiger partial charge on any atom is -0.284 e. The van der Waals surface area contributed by atoms with E-state index in [9.17, 15) is 8.76 Å². The van der Waals surface area contributed by atoms with Crippen LogP contribution in [0.4, 0.5) is 0 Å². The number of halogens is 45. The summed E-state index contributed by atoms with van der Waals surface area (Å²) in [6, 6.07) is 0. The Labute approximate surface area is 790 Å². The summed E-state index contributed by atoms with van der Waals surface area (Å²) in [7, 11) is 0. The molecule has 0 saturated carbocycles. The molecule has 0 saturated heterocycles. The van der Waals surface area contributed by atoms with Gasteiger partial charge in [0.15, 0.2) is 5.38 Å². The molecule has 1 N–H and O–H groups in total. The lowest BCUT2D eigenvalue weighted by molar-refractivity contribution is 0.251. The predicted molar refractivity (Wildman–Crippen MR) is 474 cm³/mol. The van der Waals surface area contributed by atoms with Crippen LogP contribution in [-0.4, -0.2) is 79.0 Å². The Morgan fingerprint density at radius 3 is 0.394 bits per heavy atom. The second kappa shape index (κ2) is 30.3. The van der Waals surface area contributed by atoms with Gasteiger partial charge in [-0.2, -0.15) is 4.21 Å². The molecular formula is C22HBr45O3S. The highest BCUT2D eigenvalue weighted by Gasteiger charge is 2.86. The van der Waals surface area contributed by atoms with Gasteiger partial charge < -0.3 is 0 Å². The molecule has 0 radical (unpaired) electrons. The molecule has 0 aliphatic carbocycles. The molecule has 49 heteroatoms. The van der Waals surface area contributed by atoms with Crippen molar-refractivity contribution in [2.24, 2.45) is 0 Å². The summed E-state index contributed by atoms with van der Waals surface area (Å²) in [5, 5.41) is 0. The van der Waals surface area contributed by atoms with E-state index < -0.39 is 81.6 Å². The van der Waals surface area contributed by atoms with Crippen molar-refractivity contribution in [2.45, 2.75) is 70.2 Å². The number of hydrogen-bond acceptors (Lipinski definition) is 2. The third kappa shape index (κ3) is 15.8. The molecule has 1 atom stereocenters. The van der Waals surface area contributed by atoms with E-state index in [0.29, 0.717) is 0 Å². The van der Waals surface area contributed by atoms with Gasteiger partial charge in [0.05, 0.1) is 0 Å². The zero-order chi connectivity index (χ0) is 59.3. The highest BCUT2D eigenvalue weighted by molar-refractivity contribution is 9.43. The number of rotatable bonds is 22. The Bertz CT molecular complexity index is 1970. The molecule has 0 amide bonds. The topological polar surface area (TPSA) is 46.5 Å². The lowest BCUT2D eigenvalue weighted by Gasteiger charge is -2.63. The van der Waals surface area contributed by atoms with Gasteiger partial charge in [-0.3, -0.25) is 4.55 Å². The van der Waals surface area contributed by atoms with Gasteiger partial charge in [-0.25, -0.2) is 4.18 Å². The molecule has 428 valence electrons. The van der Waals surface area contributed by atoms with E-state index in [4.69, 9.17) is 4.18 Å². The Morgan fingerprint density at radius 2 is 0.296 bits per heavy atom. The van der Waals surface area contributed by atoms with Gasteiger partial charge in [0.25, 0.3) is 0 Å². The molecule has 0 aromatic heterocycles. The van der Waals surface area contributed by atoms with Crippen molar-refractivity contribution >= 4 is 728 Å². The monoisotopic (exact) mass is 3900 g/mol. The van der Waals surface area contributed by atoms with E-state index in [1.165, 1.54) is 0 Å². The van der Waals surface area contributed by atoms with E-state index in [2.05, 4.69) is 717 Å². The maximum Gasteiger partial charge on any atom is 0.304 e. The van der Waals surface area contributed by atoms with E-state index >= 15 is 0 Å². The molecule has 0 heterocycles. The van der Waals surface area contributed by atoms with E-state index in [-0.39, 0.29) is 0 Å². The molecule has 71 heavy (non-hydrogen) atoms. The van der Waals surface area contributed by atoms with Crippen molar-refractivity contribution in [2.75, 3.05) is 0 Å². The first kappa shape index (κ1) is 92.7. The van der Waals surface area contributed by atoms with Gasteiger partial charge in [-0.1, -0.05) is 685 Å². The van der Waals surface area contributed by atoms with Crippen LogP contribution in [0.5, 0.6) is 0 Å². The van der Waals surface area contributed by atoms with Crippen molar-refractivity contribution in [3.8, 4) is 0 Å². The summed E-state index contributed by atoms with van der Waals surface area (Å²) in [4.78, 5) is 0. The van der Waals surface area contributed by atoms with Crippen molar-refractivity contribution < 1.29 is 12.9 Å². The van der Waals surface area contributed by atoms with Crippen LogP contribution >= 0.6 is 717 Å². The summed E-state index contributed by atoms with van der Waals surface area (Å²) in [5.41, 5.74) is 0. The number of hydrogen-bond donors (Lipinski definition) is 1. The molecule has 3 nitrogen and oxygen atoms in total. The van der Waals surface area contributed by atoms with Crippen LogP contribution in [-0.2, 0) is 15.5 Å². The molecule has 0 aliphatic rings. The van der Waals surface area contributed by atoms with Gasteiger partial charge in [0.1, 0.15) is 61.4 Å². The lowest BCUT2D eigenvalue weighted by atomic mass is 10.0. The highest BCUT2D eigenvalue weighted by Crippen LogP contribution is 2.85. The van der Waals surface area contributed by atoms with Crippen LogP contribution in [0.2, 0.25) is 0 Å². The van der Waals surface area contributed by atoms with E-state index in [0.717, 1.165) is 0 Å². The molecule has 0 fully saturated rings. The molecular weight excluding hydrogens is 3940 g/mol. The predicted octanol–water partition coefficient (Wildman–Crippen LogP) is 33.1. The van der Waals surface area contributed by atoms with Gasteiger partial charge in [0, 0.05) is 0 Å². The van der Waals surface area contributed by atoms with Crippen molar-refractivity contribution in [1.82, 2.24) is 0 Å². The van der Waals surface area contributed by atoms with Crippen molar-refractivity contribution in [3.05, 3.63) is 0 Å². The summed E-state index contributed by atoms with van der Waals surface area (Å²) >= 11 is 173. The maximum absolute atomic E-state index is 11.9. The molecule has 0 aromatic rings. The zero-order valence-corrected chi connectivity index (χ0v) is 102. The minimum absolute atomic E-state index is 0.953. The molecule has 0 aromatic carbocycles. The zero-order valence-electron chi connectivity index (χ0n) is 29.7. The average molecular weight is 3940 g/mol. The minimum atomic E-state index is -2.75.